The molecule has 0 aliphatic carbocycles. The number of hydrogen-bond donors (Lipinski definition) is 2. The van der Waals surface area contributed by atoms with Crippen LogP contribution in [0.15, 0.2) is 70.7 Å². The summed E-state index contributed by atoms with van der Waals surface area (Å²) >= 11 is 0. The van der Waals surface area contributed by atoms with Crippen molar-refractivity contribution in [2.45, 2.75) is 22.7 Å². The number of alkyl halides is 3. The number of hydrogen-bond acceptors (Lipinski definition) is 7. The van der Waals surface area contributed by atoms with Crippen LogP contribution in [0.1, 0.15) is 15.9 Å². The summed E-state index contributed by atoms with van der Waals surface area (Å²) in [6.45, 7) is -0.182. The molecule has 0 aliphatic heterocycles. The molecule has 1 amide bonds. The Hall–Kier alpha value is -4.13. The Morgan fingerprint density at radius 1 is 1.09 bits per heavy atom. The molecule has 2 N–H and O–H groups in total. The van der Waals surface area contributed by atoms with Gasteiger partial charge in [0.1, 0.15) is 16.4 Å². The second-order valence-corrected chi connectivity index (χ2v) is 9.07. The first-order valence-electron chi connectivity index (χ1n) is 9.92. The van der Waals surface area contributed by atoms with Crippen molar-refractivity contribution >= 4 is 26.8 Å². The normalized spacial score (nSPS) is 11.9. The molecule has 35 heavy (non-hydrogen) atoms. The third kappa shape index (κ3) is 5.19. The molecule has 0 spiro atoms. The van der Waals surface area contributed by atoms with Crippen LogP contribution in [0.3, 0.4) is 0 Å². The van der Waals surface area contributed by atoms with Crippen molar-refractivity contribution in [2.75, 3.05) is 7.11 Å². The van der Waals surface area contributed by atoms with E-state index in [9.17, 15) is 26.4 Å². The number of benzene rings is 2. The Morgan fingerprint density at radius 3 is 2.60 bits per heavy atom. The zero-order valence-corrected chi connectivity index (χ0v) is 18.8. The van der Waals surface area contributed by atoms with E-state index in [0.717, 1.165) is 18.2 Å². The molecule has 0 unspecified atom stereocenters. The first-order chi connectivity index (χ1) is 16.6. The summed E-state index contributed by atoms with van der Waals surface area (Å²) in [7, 11) is -3.18. The molecule has 0 bridgehead atoms. The summed E-state index contributed by atoms with van der Waals surface area (Å²) in [5.41, 5.74) is 0.948. The van der Waals surface area contributed by atoms with Crippen molar-refractivity contribution in [1.82, 2.24) is 20.5 Å². The van der Waals surface area contributed by atoms with Crippen molar-refractivity contribution < 1.29 is 35.9 Å². The van der Waals surface area contributed by atoms with Gasteiger partial charge in [-0.25, -0.2) is 13.4 Å². The lowest BCUT2D eigenvalue weighted by molar-refractivity contribution is -0.274. The largest absolute Gasteiger partial charge is 0.573 e. The number of rotatable bonds is 7. The topological polar surface area (TPSA) is 123 Å². The number of nitrogens with zero attached hydrogens (tertiary/aromatic N) is 2. The van der Waals surface area contributed by atoms with Gasteiger partial charge >= 0.3 is 6.36 Å². The van der Waals surface area contributed by atoms with Gasteiger partial charge in [0.05, 0.1) is 23.8 Å². The molecule has 0 saturated carbocycles. The second-order valence-electron chi connectivity index (χ2n) is 7.19. The van der Waals surface area contributed by atoms with E-state index < -0.39 is 32.8 Å². The molecule has 0 aliphatic rings. The zero-order valence-electron chi connectivity index (χ0n) is 18.0. The van der Waals surface area contributed by atoms with Gasteiger partial charge in [-0.05, 0) is 29.8 Å². The van der Waals surface area contributed by atoms with Crippen LogP contribution in [0.25, 0.3) is 11.0 Å². The van der Waals surface area contributed by atoms with Crippen LogP contribution in [-0.2, 0) is 16.4 Å². The Balaban J connectivity index is 1.63. The number of carbonyl (C=O) groups is 1. The van der Waals surface area contributed by atoms with Gasteiger partial charge in [-0.15, -0.1) is 13.2 Å². The van der Waals surface area contributed by atoms with Gasteiger partial charge in [-0.1, -0.05) is 18.2 Å². The zero-order chi connectivity index (χ0) is 25.2. The molecule has 4 rings (SSSR count). The summed E-state index contributed by atoms with van der Waals surface area (Å²) < 4.78 is 73.8. The smallest absolute Gasteiger partial charge is 0.495 e. The first kappa shape index (κ1) is 24.0. The quantitative estimate of drug-likeness (QED) is 0.392. The number of methoxy groups -OCH3 is 1. The minimum absolute atomic E-state index is 0.169. The minimum atomic E-state index is -5.01. The predicted molar refractivity (Wildman–Crippen MR) is 117 cm³/mol. The average Bonchev–Trinajstić information content (AvgIpc) is 3.29. The highest BCUT2D eigenvalue weighted by Crippen LogP contribution is 2.35. The molecular weight excluding hydrogens is 489 g/mol. The monoisotopic (exact) mass is 506 g/mol. The van der Waals surface area contributed by atoms with Gasteiger partial charge in [-0.2, -0.15) is 5.10 Å². The summed E-state index contributed by atoms with van der Waals surface area (Å²) in [6, 6.07) is 10.1. The fraction of sp³-hybridized carbons (Fsp3) is 0.136. The molecule has 9 nitrogen and oxygen atoms in total. The van der Waals surface area contributed by atoms with Gasteiger partial charge in [0.25, 0.3) is 5.91 Å². The average molecular weight is 506 g/mol. The molecule has 0 atom stereocenters. The van der Waals surface area contributed by atoms with Crippen LogP contribution < -0.4 is 14.8 Å². The number of pyridine rings is 1. The van der Waals surface area contributed by atoms with E-state index >= 15 is 0 Å². The van der Waals surface area contributed by atoms with E-state index in [1.54, 1.807) is 12.1 Å². The molecule has 2 aromatic carbocycles. The fourth-order valence-corrected chi connectivity index (χ4v) is 5.00. The third-order valence-corrected chi connectivity index (χ3v) is 6.79. The van der Waals surface area contributed by atoms with E-state index in [2.05, 4.69) is 25.2 Å². The molecule has 0 fully saturated rings. The van der Waals surface area contributed by atoms with E-state index in [0.29, 0.717) is 11.0 Å². The van der Waals surface area contributed by atoms with Gasteiger partial charge in [0, 0.05) is 24.2 Å². The van der Waals surface area contributed by atoms with Crippen molar-refractivity contribution in [3.63, 3.8) is 0 Å². The molecule has 13 heteroatoms. The van der Waals surface area contributed by atoms with Crippen molar-refractivity contribution in [3.05, 3.63) is 72.1 Å². The van der Waals surface area contributed by atoms with E-state index in [1.165, 1.54) is 37.7 Å². The molecule has 0 radical (unpaired) electrons. The molecule has 0 saturated heterocycles. The number of nitrogens with one attached hydrogen (secondary N) is 2. The number of aromatic amines is 1. The molecular formula is C22H17F3N4O5S. The third-order valence-electron chi connectivity index (χ3n) is 4.91. The highest BCUT2D eigenvalue weighted by molar-refractivity contribution is 7.91. The number of fused-ring (bicyclic) bond motifs is 1. The van der Waals surface area contributed by atoms with E-state index in [4.69, 9.17) is 4.74 Å². The van der Waals surface area contributed by atoms with Gasteiger partial charge in [0.15, 0.2) is 5.65 Å². The van der Waals surface area contributed by atoms with Crippen LogP contribution in [0.2, 0.25) is 0 Å². The number of H-pyrrole nitrogens is 1. The highest BCUT2D eigenvalue weighted by Gasteiger charge is 2.33. The lowest BCUT2D eigenvalue weighted by Crippen LogP contribution is -2.24. The molecule has 4 aromatic rings. The summed E-state index contributed by atoms with van der Waals surface area (Å²) in [5, 5.41) is 9.75. The Labute approximate surface area is 196 Å². The Kier molecular flexibility index (Phi) is 6.35. The number of sulfone groups is 1. The number of ether oxygens (including phenoxy) is 2. The maximum atomic E-state index is 13.4. The Morgan fingerprint density at radius 2 is 1.86 bits per heavy atom. The standard InChI is InChI=1S/C22H17F3N4O5S/c1-33-17-7-6-16(34-22(23,24)25)9-19(17)35(31,32)18-5-3-2-4-13(18)10-27-21(30)15-8-14-12-28-29-20(14)26-11-15/h2-9,11-12H,10H2,1H3,(H,27,30)(H,26,28,29). The van der Waals surface area contributed by atoms with Crippen LogP contribution in [0.5, 0.6) is 11.5 Å². The van der Waals surface area contributed by atoms with Crippen molar-refractivity contribution in [1.29, 1.82) is 0 Å². The SMILES string of the molecule is COc1ccc(OC(F)(F)F)cc1S(=O)(=O)c1ccccc1CNC(=O)c1cnc2[nH]ncc2c1. The maximum absolute atomic E-state index is 13.4. The molecule has 182 valence electrons. The lowest BCUT2D eigenvalue weighted by atomic mass is 10.2. The fourth-order valence-electron chi connectivity index (χ4n) is 3.33. The van der Waals surface area contributed by atoms with Crippen LogP contribution in [-0.4, -0.2) is 43.0 Å². The maximum Gasteiger partial charge on any atom is 0.573 e. The number of amides is 1. The first-order valence-corrected chi connectivity index (χ1v) is 11.4. The molecule has 2 aromatic heterocycles. The number of carbonyl (C=O) groups excluding carboxylic acids is 1. The summed E-state index contributed by atoms with van der Waals surface area (Å²) in [6.07, 6.45) is -2.16. The minimum Gasteiger partial charge on any atom is -0.495 e. The van der Waals surface area contributed by atoms with Crippen LogP contribution in [0, 0.1) is 0 Å². The molecule has 2 heterocycles. The van der Waals surface area contributed by atoms with Gasteiger partial charge in [0.2, 0.25) is 9.84 Å². The van der Waals surface area contributed by atoms with Gasteiger partial charge < -0.3 is 14.8 Å². The predicted octanol–water partition coefficient (Wildman–Crippen LogP) is 3.63. The summed E-state index contributed by atoms with van der Waals surface area (Å²) in [4.78, 5) is 16.0. The van der Waals surface area contributed by atoms with Gasteiger partial charge in [-0.3, -0.25) is 9.89 Å². The van der Waals surface area contributed by atoms with Crippen molar-refractivity contribution in [2.24, 2.45) is 0 Å². The second kappa shape index (κ2) is 9.25. The number of halogens is 3. The highest BCUT2D eigenvalue weighted by atomic mass is 32.2. The van der Waals surface area contributed by atoms with E-state index in [-0.39, 0.29) is 28.3 Å². The number of aromatic nitrogens is 3. The lowest BCUT2D eigenvalue weighted by Gasteiger charge is -2.15. The van der Waals surface area contributed by atoms with Crippen molar-refractivity contribution in [3.8, 4) is 11.5 Å². The van der Waals surface area contributed by atoms with Crippen LogP contribution >= 0.6 is 0 Å². The van der Waals surface area contributed by atoms with Crippen LogP contribution in [0.4, 0.5) is 13.2 Å². The summed E-state index contributed by atoms with van der Waals surface area (Å²) in [5.74, 6) is -1.39. The Bertz CT molecular complexity index is 1500. The van der Waals surface area contributed by atoms with E-state index in [1.807, 2.05) is 0 Å².